The van der Waals surface area contributed by atoms with E-state index in [2.05, 4.69) is 10.3 Å². The van der Waals surface area contributed by atoms with Gasteiger partial charge < -0.3 is 15.8 Å². The lowest BCUT2D eigenvalue weighted by atomic mass is 10.1. The van der Waals surface area contributed by atoms with E-state index in [4.69, 9.17) is 15.9 Å². The Balaban J connectivity index is 1.69. The second-order valence-electron chi connectivity index (χ2n) is 5.94. The molecule has 0 aliphatic carbocycles. The molecule has 2 aromatic carbocycles. The Morgan fingerprint density at radius 2 is 2.12 bits per heavy atom. The highest BCUT2D eigenvalue weighted by Gasteiger charge is 2.45. The van der Waals surface area contributed by atoms with Crippen molar-refractivity contribution in [3.8, 4) is 5.75 Å². The van der Waals surface area contributed by atoms with E-state index in [1.165, 1.54) is 0 Å². The molecule has 1 aliphatic heterocycles. The van der Waals surface area contributed by atoms with Crippen LogP contribution in [0.1, 0.15) is 11.1 Å². The summed E-state index contributed by atoms with van der Waals surface area (Å²) in [4.78, 5) is 15.4. The molecule has 130 valence electrons. The van der Waals surface area contributed by atoms with Crippen LogP contribution in [0.2, 0.25) is 0 Å². The molecule has 1 unspecified atom stereocenters. The van der Waals surface area contributed by atoms with Crippen molar-refractivity contribution in [1.29, 1.82) is 5.41 Å². The molecule has 0 saturated heterocycles. The Morgan fingerprint density at radius 3 is 2.92 bits per heavy atom. The topological polar surface area (TPSA) is 101 Å². The summed E-state index contributed by atoms with van der Waals surface area (Å²) in [5.41, 5.74) is 9.22. The van der Waals surface area contributed by atoms with Gasteiger partial charge in [0.2, 0.25) is 0 Å². The monoisotopic (exact) mass is 364 g/mol. The molecule has 6 nitrogen and oxygen atoms in total. The molecule has 1 atom stereocenters. The van der Waals surface area contributed by atoms with E-state index in [1.54, 1.807) is 31.5 Å². The fourth-order valence-electron chi connectivity index (χ4n) is 2.94. The molecule has 4 rings (SSSR count). The fourth-order valence-corrected chi connectivity index (χ4v) is 3.93. The number of methoxy groups -OCH3 is 1. The van der Waals surface area contributed by atoms with Crippen molar-refractivity contribution in [3.05, 3.63) is 65.9 Å². The van der Waals surface area contributed by atoms with E-state index in [1.807, 2.05) is 30.3 Å². The zero-order chi connectivity index (χ0) is 18.3. The summed E-state index contributed by atoms with van der Waals surface area (Å²) in [7, 11) is 1.56. The summed E-state index contributed by atoms with van der Waals surface area (Å²) >= 11 is 1.01. The number of fused-ring (bicyclic) bond motifs is 2. The third kappa shape index (κ3) is 2.61. The van der Waals surface area contributed by atoms with Gasteiger partial charge in [-0.25, -0.2) is 0 Å². The number of anilines is 1. The molecule has 1 aliphatic rings. The SMILES string of the molecule is COc1ccc2c(c1)C(N)(SC(=N)c1ccc3ncccc3c1)C(=O)N2. The van der Waals surface area contributed by atoms with Crippen LogP contribution in [0.5, 0.6) is 5.75 Å². The molecule has 0 fully saturated rings. The zero-order valence-electron chi connectivity index (χ0n) is 13.9. The minimum atomic E-state index is -1.38. The molecule has 1 amide bonds. The van der Waals surface area contributed by atoms with Crippen LogP contribution in [-0.2, 0) is 9.67 Å². The van der Waals surface area contributed by atoms with Crippen LogP contribution in [0, 0.1) is 5.41 Å². The lowest BCUT2D eigenvalue weighted by Crippen LogP contribution is -2.41. The van der Waals surface area contributed by atoms with Gasteiger partial charge in [0.1, 0.15) is 5.75 Å². The van der Waals surface area contributed by atoms with Crippen molar-refractivity contribution in [3.63, 3.8) is 0 Å². The fraction of sp³-hybridized carbons (Fsp3) is 0.105. The Bertz CT molecular complexity index is 1050. The first-order chi connectivity index (χ1) is 12.5. The number of nitrogens with two attached hydrogens (primary N) is 1. The molecule has 26 heavy (non-hydrogen) atoms. The average Bonchev–Trinajstić information content (AvgIpc) is 2.91. The Labute approximate surface area is 154 Å². The molecule has 7 heteroatoms. The number of rotatable bonds is 3. The molecule has 4 N–H and O–H groups in total. The first kappa shape index (κ1) is 16.6. The second-order valence-corrected chi connectivity index (χ2v) is 7.20. The number of hydrogen-bond acceptors (Lipinski definition) is 6. The predicted molar refractivity (Wildman–Crippen MR) is 104 cm³/mol. The van der Waals surface area contributed by atoms with Gasteiger partial charge in [-0.2, -0.15) is 0 Å². The van der Waals surface area contributed by atoms with Crippen LogP contribution in [0.3, 0.4) is 0 Å². The van der Waals surface area contributed by atoms with Crippen molar-refractivity contribution in [2.75, 3.05) is 12.4 Å². The Morgan fingerprint density at radius 1 is 1.27 bits per heavy atom. The number of nitrogens with zero attached hydrogens (tertiary/aromatic N) is 1. The first-order valence-electron chi connectivity index (χ1n) is 7.93. The van der Waals surface area contributed by atoms with Gasteiger partial charge in [-0.3, -0.25) is 15.2 Å². The normalized spacial score (nSPS) is 18.5. The van der Waals surface area contributed by atoms with Crippen molar-refractivity contribution in [1.82, 2.24) is 4.98 Å². The van der Waals surface area contributed by atoms with Gasteiger partial charge in [0.25, 0.3) is 5.91 Å². The van der Waals surface area contributed by atoms with E-state index >= 15 is 0 Å². The van der Waals surface area contributed by atoms with Crippen LogP contribution in [-0.4, -0.2) is 23.0 Å². The number of carbonyl (C=O) groups excluding carboxylic acids is 1. The number of nitrogens with one attached hydrogen (secondary N) is 2. The van der Waals surface area contributed by atoms with Gasteiger partial charge in [-0.15, -0.1) is 0 Å². The van der Waals surface area contributed by atoms with Crippen molar-refractivity contribution in [2.45, 2.75) is 4.87 Å². The van der Waals surface area contributed by atoms with Crippen LogP contribution in [0.4, 0.5) is 5.69 Å². The van der Waals surface area contributed by atoms with Crippen molar-refractivity contribution < 1.29 is 9.53 Å². The van der Waals surface area contributed by atoms with E-state index in [9.17, 15) is 4.79 Å². The molecule has 0 saturated carbocycles. The van der Waals surface area contributed by atoms with Gasteiger partial charge >= 0.3 is 0 Å². The number of carbonyl (C=O) groups is 1. The largest absolute Gasteiger partial charge is 0.497 e. The average molecular weight is 364 g/mol. The lowest BCUT2D eigenvalue weighted by molar-refractivity contribution is -0.117. The summed E-state index contributed by atoms with van der Waals surface area (Å²) in [5.74, 6) is 0.261. The highest BCUT2D eigenvalue weighted by molar-refractivity contribution is 8.15. The number of thioether (sulfide) groups is 1. The summed E-state index contributed by atoms with van der Waals surface area (Å²) in [5, 5.41) is 12.4. The number of ether oxygens (including phenoxy) is 1. The number of amides is 1. The van der Waals surface area contributed by atoms with Gasteiger partial charge in [-0.05, 0) is 36.4 Å². The number of pyridine rings is 1. The van der Waals surface area contributed by atoms with E-state index in [-0.39, 0.29) is 11.0 Å². The van der Waals surface area contributed by atoms with E-state index in [0.717, 1.165) is 22.7 Å². The van der Waals surface area contributed by atoms with E-state index in [0.29, 0.717) is 22.6 Å². The third-order valence-corrected chi connectivity index (χ3v) is 5.51. The maximum Gasteiger partial charge on any atom is 0.260 e. The summed E-state index contributed by atoms with van der Waals surface area (Å²) in [6.07, 6.45) is 1.73. The van der Waals surface area contributed by atoms with Crippen LogP contribution < -0.4 is 15.8 Å². The number of aromatic nitrogens is 1. The molecule has 0 spiro atoms. The van der Waals surface area contributed by atoms with Gasteiger partial charge in [-0.1, -0.05) is 23.9 Å². The van der Waals surface area contributed by atoms with Crippen LogP contribution in [0.25, 0.3) is 10.9 Å². The Kier molecular flexibility index (Phi) is 3.90. The summed E-state index contributed by atoms with van der Waals surface area (Å²) < 4.78 is 5.24. The molecule has 1 aromatic heterocycles. The third-order valence-electron chi connectivity index (χ3n) is 4.34. The molecule has 3 aromatic rings. The summed E-state index contributed by atoms with van der Waals surface area (Å²) in [6, 6.07) is 14.6. The predicted octanol–water partition coefficient (Wildman–Crippen LogP) is 3.07. The first-order valence-corrected chi connectivity index (χ1v) is 8.74. The minimum Gasteiger partial charge on any atom is -0.497 e. The molecular weight excluding hydrogens is 348 g/mol. The lowest BCUT2D eigenvalue weighted by Gasteiger charge is -2.22. The summed E-state index contributed by atoms with van der Waals surface area (Å²) in [6.45, 7) is 0. The maximum atomic E-state index is 12.5. The highest BCUT2D eigenvalue weighted by Crippen LogP contribution is 2.44. The van der Waals surface area contributed by atoms with Gasteiger partial charge in [0.05, 0.1) is 17.7 Å². The quantitative estimate of drug-likeness (QED) is 0.377. The van der Waals surface area contributed by atoms with Gasteiger partial charge in [0.15, 0.2) is 4.87 Å². The minimum absolute atomic E-state index is 0.212. The maximum absolute atomic E-state index is 12.5. The highest BCUT2D eigenvalue weighted by atomic mass is 32.2. The second kappa shape index (κ2) is 6.12. The van der Waals surface area contributed by atoms with Crippen molar-refractivity contribution in [2.24, 2.45) is 5.73 Å². The van der Waals surface area contributed by atoms with Crippen LogP contribution in [0.15, 0.2) is 54.7 Å². The van der Waals surface area contributed by atoms with E-state index < -0.39 is 4.87 Å². The molecule has 0 radical (unpaired) electrons. The zero-order valence-corrected chi connectivity index (χ0v) is 14.8. The van der Waals surface area contributed by atoms with Gasteiger partial charge in [0, 0.05) is 28.4 Å². The number of benzene rings is 2. The Hall–Kier alpha value is -2.90. The molecule has 2 heterocycles. The number of hydrogen-bond donors (Lipinski definition) is 3. The molecule has 0 bridgehead atoms. The smallest absolute Gasteiger partial charge is 0.260 e. The van der Waals surface area contributed by atoms with Crippen LogP contribution >= 0.6 is 11.8 Å². The molecular formula is C19H16N4O2S. The van der Waals surface area contributed by atoms with Crippen molar-refractivity contribution >= 4 is 39.3 Å². The standard InChI is InChI=1S/C19H16N4O2S/c1-25-13-5-7-16-14(10-13)19(21,18(24)23-16)26-17(20)12-4-6-15-11(9-12)3-2-8-22-15/h2-10,20H,21H2,1H3,(H,23,24).